The van der Waals surface area contributed by atoms with Gasteiger partial charge in [-0.25, -0.2) is 8.42 Å². The molecule has 148 valence electrons. The highest BCUT2D eigenvalue weighted by molar-refractivity contribution is 7.92. The maximum Gasteiger partial charge on any atom is 0.264 e. The van der Waals surface area contributed by atoms with Crippen LogP contribution in [0.15, 0.2) is 59.5 Å². The van der Waals surface area contributed by atoms with Gasteiger partial charge in [0.05, 0.1) is 10.6 Å². The summed E-state index contributed by atoms with van der Waals surface area (Å²) < 4.78 is 27.4. The standard InChI is InChI=1S/C22H26N2O3S/c1-23(18-9-3-2-4-10-18)28(26,27)21-13-7-8-17(16-21)22(25)24(20-14-15-20)19-11-5-6-12-19/h2-4,7-10,13,16,19-20H,5-6,11-12,14-15H2,1H3. The van der Waals surface area contributed by atoms with Crippen molar-refractivity contribution in [2.45, 2.75) is 55.5 Å². The number of sulfonamides is 1. The lowest BCUT2D eigenvalue weighted by Gasteiger charge is -2.29. The number of hydrogen-bond donors (Lipinski definition) is 0. The zero-order valence-electron chi connectivity index (χ0n) is 16.1. The molecule has 2 aliphatic carbocycles. The Kier molecular flexibility index (Phi) is 5.15. The van der Waals surface area contributed by atoms with E-state index in [1.54, 1.807) is 42.5 Å². The molecular formula is C22H26N2O3S. The Hall–Kier alpha value is -2.34. The number of hydrogen-bond acceptors (Lipinski definition) is 3. The molecule has 6 heteroatoms. The summed E-state index contributed by atoms with van der Waals surface area (Å²) in [6, 6.07) is 16.1. The number of benzene rings is 2. The molecule has 0 unspecified atom stereocenters. The van der Waals surface area contributed by atoms with Gasteiger partial charge >= 0.3 is 0 Å². The maximum absolute atomic E-state index is 13.2. The third-order valence-electron chi connectivity index (χ3n) is 5.75. The van der Waals surface area contributed by atoms with Crippen molar-refractivity contribution in [3.63, 3.8) is 0 Å². The molecule has 0 N–H and O–H groups in total. The number of nitrogens with zero attached hydrogens (tertiary/aromatic N) is 2. The Labute approximate surface area is 167 Å². The topological polar surface area (TPSA) is 57.7 Å². The molecule has 2 aliphatic rings. The van der Waals surface area contributed by atoms with Crippen molar-refractivity contribution in [1.82, 2.24) is 4.90 Å². The molecule has 28 heavy (non-hydrogen) atoms. The van der Waals surface area contributed by atoms with Crippen molar-refractivity contribution in [2.24, 2.45) is 0 Å². The lowest BCUT2D eigenvalue weighted by molar-refractivity contribution is 0.0664. The predicted octanol–water partition coefficient (Wildman–Crippen LogP) is 4.06. The molecule has 0 aromatic heterocycles. The summed E-state index contributed by atoms with van der Waals surface area (Å²) in [5.41, 5.74) is 1.05. The van der Waals surface area contributed by atoms with E-state index in [1.807, 2.05) is 11.0 Å². The van der Waals surface area contributed by atoms with Crippen LogP contribution in [0.1, 0.15) is 48.9 Å². The zero-order valence-corrected chi connectivity index (χ0v) is 16.9. The van der Waals surface area contributed by atoms with E-state index in [0.29, 0.717) is 23.3 Å². The van der Waals surface area contributed by atoms with Crippen LogP contribution in [0.2, 0.25) is 0 Å². The Bertz CT molecular complexity index is 949. The van der Waals surface area contributed by atoms with E-state index in [2.05, 4.69) is 0 Å². The van der Waals surface area contributed by atoms with Gasteiger partial charge in [-0.3, -0.25) is 9.10 Å². The molecule has 0 heterocycles. The van der Waals surface area contributed by atoms with Gasteiger partial charge in [0.15, 0.2) is 0 Å². The number of anilines is 1. The number of carbonyl (C=O) groups is 1. The highest BCUT2D eigenvalue weighted by Crippen LogP contribution is 2.36. The lowest BCUT2D eigenvalue weighted by Crippen LogP contribution is -2.40. The third kappa shape index (κ3) is 3.65. The van der Waals surface area contributed by atoms with E-state index in [0.717, 1.165) is 38.5 Å². The molecular weight excluding hydrogens is 372 g/mol. The van der Waals surface area contributed by atoms with E-state index >= 15 is 0 Å². The van der Waals surface area contributed by atoms with Crippen LogP contribution in [0.3, 0.4) is 0 Å². The van der Waals surface area contributed by atoms with Gasteiger partial charge in [-0.1, -0.05) is 37.1 Å². The Balaban J connectivity index is 1.62. The minimum absolute atomic E-state index is 0.0335. The van der Waals surface area contributed by atoms with Gasteiger partial charge in [0.25, 0.3) is 15.9 Å². The Morgan fingerprint density at radius 2 is 1.54 bits per heavy atom. The molecule has 2 saturated carbocycles. The molecule has 0 atom stereocenters. The van der Waals surface area contributed by atoms with Crippen molar-refractivity contribution in [3.05, 3.63) is 60.2 Å². The summed E-state index contributed by atoms with van der Waals surface area (Å²) in [7, 11) is -2.20. The van der Waals surface area contributed by atoms with Gasteiger partial charge in [0.2, 0.25) is 0 Å². The molecule has 0 radical (unpaired) electrons. The minimum atomic E-state index is -3.73. The predicted molar refractivity (Wildman–Crippen MR) is 110 cm³/mol. The van der Waals surface area contributed by atoms with Crippen LogP contribution in [0.5, 0.6) is 0 Å². The smallest absolute Gasteiger partial charge is 0.264 e. The summed E-state index contributed by atoms with van der Waals surface area (Å²) in [6.07, 6.45) is 6.54. The third-order valence-corrected chi connectivity index (χ3v) is 7.53. The average molecular weight is 399 g/mol. The second-order valence-electron chi connectivity index (χ2n) is 7.72. The van der Waals surface area contributed by atoms with Crippen molar-refractivity contribution >= 4 is 21.6 Å². The van der Waals surface area contributed by atoms with Gasteiger partial charge in [-0.05, 0) is 56.0 Å². The Morgan fingerprint density at radius 1 is 0.893 bits per heavy atom. The van der Waals surface area contributed by atoms with Crippen molar-refractivity contribution in [3.8, 4) is 0 Å². The van der Waals surface area contributed by atoms with Gasteiger partial charge in [0.1, 0.15) is 0 Å². The van der Waals surface area contributed by atoms with Crippen molar-refractivity contribution in [2.75, 3.05) is 11.4 Å². The zero-order chi connectivity index (χ0) is 19.7. The number of carbonyl (C=O) groups excluding carboxylic acids is 1. The fraction of sp³-hybridized carbons (Fsp3) is 0.409. The summed E-state index contributed by atoms with van der Waals surface area (Å²) in [5, 5.41) is 0. The molecule has 0 bridgehead atoms. The van der Waals surface area contributed by atoms with Crippen LogP contribution >= 0.6 is 0 Å². The molecule has 1 amide bonds. The fourth-order valence-electron chi connectivity index (χ4n) is 4.04. The van der Waals surface area contributed by atoms with Crippen LogP contribution in [-0.4, -0.2) is 38.4 Å². The van der Waals surface area contributed by atoms with Crippen LogP contribution in [-0.2, 0) is 10.0 Å². The molecule has 2 fully saturated rings. The highest BCUT2D eigenvalue weighted by Gasteiger charge is 2.39. The van der Waals surface area contributed by atoms with Crippen LogP contribution in [0.4, 0.5) is 5.69 Å². The summed E-state index contributed by atoms with van der Waals surface area (Å²) in [5.74, 6) is -0.0335. The quantitative estimate of drug-likeness (QED) is 0.737. The van der Waals surface area contributed by atoms with Crippen LogP contribution in [0.25, 0.3) is 0 Å². The van der Waals surface area contributed by atoms with Gasteiger partial charge in [0, 0.05) is 24.7 Å². The number of amides is 1. The summed E-state index contributed by atoms with van der Waals surface area (Å²) in [6.45, 7) is 0. The fourth-order valence-corrected chi connectivity index (χ4v) is 5.28. The van der Waals surface area contributed by atoms with Crippen molar-refractivity contribution in [1.29, 1.82) is 0 Å². The first-order valence-corrected chi connectivity index (χ1v) is 11.4. The average Bonchev–Trinajstić information content (AvgIpc) is 3.41. The molecule has 2 aromatic rings. The largest absolute Gasteiger partial charge is 0.333 e. The van der Waals surface area contributed by atoms with Crippen LogP contribution < -0.4 is 4.31 Å². The second-order valence-corrected chi connectivity index (χ2v) is 9.69. The van der Waals surface area contributed by atoms with E-state index in [9.17, 15) is 13.2 Å². The first kappa shape index (κ1) is 19.0. The summed E-state index contributed by atoms with van der Waals surface area (Å²) >= 11 is 0. The van der Waals surface area contributed by atoms with E-state index in [4.69, 9.17) is 0 Å². The normalized spacial score (nSPS) is 17.5. The number of para-hydroxylation sites is 1. The summed E-state index contributed by atoms with van der Waals surface area (Å²) in [4.78, 5) is 15.4. The molecule has 0 saturated heterocycles. The molecule has 5 nitrogen and oxygen atoms in total. The lowest BCUT2D eigenvalue weighted by atomic mass is 10.1. The molecule has 0 spiro atoms. The molecule has 2 aromatic carbocycles. The van der Waals surface area contributed by atoms with Crippen LogP contribution in [0, 0.1) is 0 Å². The minimum Gasteiger partial charge on any atom is -0.333 e. The highest BCUT2D eigenvalue weighted by atomic mass is 32.2. The number of rotatable bonds is 6. The molecule has 4 rings (SSSR count). The second kappa shape index (κ2) is 7.59. The first-order valence-electron chi connectivity index (χ1n) is 9.95. The van der Waals surface area contributed by atoms with E-state index in [-0.39, 0.29) is 10.8 Å². The SMILES string of the molecule is CN(c1ccccc1)S(=O)(=O)c1cccc(C(=O)N(C2CCCC2)C2CC2)c1. The monoisotopic (exact) mass is 398 g/mol. The van der Waals surface area contributed by atoms with E-state index < -0.39 is 10.0 Å². The maximum atomic E-state index is 13.2. The Morgan fingerprint density at radius 3 is 2.18 bits per heavy atom. The van der Waals surface area contributed by atoms with E-state index in [1.165, 1.54) is 17.4 Å². The van der Waals surface area contributed by atoms with Gasteiger partial charge < -0.3 is 4.90 Å². The molecule has 0 aliphatic heterocycles. The first-order chi connectivity index (χ1) is 13.5. The van der Waals surface area contributed by atoms with Crippen molar-refractivity contribution < 1.29 is 13.2 Å². The van der Waals surface area contributed by atoms with Gasteiger partial charge in [-0.15, -0.1) is 0 Å². The van der Waals surface area contributed by atoms with Gasteiger partial charge in [-0.2, -0.15) is 0 Å².